The maximum absolute atomic E-state index is 5.24. The quantitative estimate of drug-likeness (QED) is 0.556. The van der Waals surface area contributed by atoms with Crippen molar-refractivity contribution in [1.29, 1.82) is 0 Å². The molecular weight excluding hydrogens is 388 g/mol. The summed E-state index contributed by atoms with van der Waals surface area (Å²) in [6.45, 7) is 1.32. The molecule has 0 unspecified atom stereocenters. The van der Waals surface area contributed by atoms with E-state index in [4.69, 9.17) is 4.74 Å². The van der Waals surface area contributed by atoms with E-state index in [1.54, 1.807) is 31.3 Å². The third kappa shape index (κ3) is 4.03. The van der Waals surface area contributed by atoms with Crippen molar-refractivity contribution >= 4 is 27.7 Å². The average Bonchev–Trinajstić information content (AvgIpc) is 3.03. The van der Waals surface area contributed by atoms with Gasteiger partial charge in [0.05, 0.1) is 13.2 Å². The SMILES string of the molecule is COCCn1c(SCc2ccccc2Br)nnc1-c1ccncc1. The first-order valence-corrected chi connectivity index (χ1v) is 9.26. The average molecular weight is 405 g/mol. The molecule has 0 aliphatic rings. The van der Waals surface area contributed by atoms with E-state index in [9.17, 15) is 0 Å². The molecule has 124 valence electrons. The number of aromatic nitrogens is 4. The zero-order valence-corrected chi connectivity index (χ0v) is 15.6. The van der Waals surface area contributed by atoms with Crippen LogP contribution in [0.4, 0.5) is 0 Å². The maximum atomic E-state index is 5.24. The first-order valence-electron chi connectivity index (χ1n) is 7.48. The lowest BCUT2D eigenvalue weighted by Crippen LogP contribution is -2.07. The number of hydrogen-bond acceptors (Lipinski definition) is 5. The Morgan fingerprint density at radius 1 is 1.12 bits per heavy atom. The summed E-state index contributed by atoms with van der Waals surface area (Å²) < 4.78 is 8.44. The van der Waals surface area contributed by atoms with Crippen LogP contribution in [0.3, 0.4) is 0 Å². The van der Waals surface area contributed by atoms with E-state index in [1.807, 2.05) is 30.3 Å². The molecular formula is C17H17BrN4OS. The molecule has 0 amide bonds. The molecule has 0 fully saturated rings. The Labute approximate surface area is 153 Å². The Bertz CT molecular complexity index is 794. The van der Waals surface area contributed by atoms with Gasteiger partial charge < -0.3 is 4.74 Å². The second-order valence-electron chi connectivity index (χ2n) is 5.07. The fourth-order valence-electron chi connectivity index (χ4n) is 2.25. The highest BCUT2D eigenvalue weighted by Gasteiger charge is 2.14. The first-order chi connectivity index (χ1) is 11.8. The standard InChI is InChI=1S/C17H17BrN4OS/c1-23-11-10-22-16(13-6-8-19-9-7-13)20-21-17(22)24-12-14-4-2-3-5-15(14)18/h2-9H,10-12H2,1H3. The molecule has 0 spiro atoms. The third-order valence-electron chi connectivity index (χ3n) is 3.49. The van der Waals surface area contributed by atoms with Crippen LogP contribution in [0.5, 0.6) is 0 Å². The van der Waals surface area contributed by atoms with Crippen LogP contribution in [0.15, 0.2) is 58.4 Å². The lowest BCUT2D eigenvalue weighted by Gasteiger charge is -2.10. The topological polar surface area (TPSA) is 52.8 Å². The van der Waals surface area contributed by atoms with E-state index < -0.39 is 0 Å². The molecule has 0 saturated heterocycles. The van der Waals surface area contributed by atoms with E-state index in [2.05, 4.69) is 41.7 Å². The highest BCUT2D eigenvalue weighted by Crippen LogP contribution is 2.28. The molecule has 0 atom stereocenters. The number of methoxy groups -OCH3 is 1. The Morgan fingerprint density at radius 2 is 1.92 bits per heavy atom. The van der Waals surface area contributed by atoms with Gasteiger partial charge in [0, 0.05) is 35.3 Å². The van der Waals surface area contributed by atoms with Crippen LogP contribution in [0, 0.1) is 0 Å². The molecule has 7 heteroatoms. The lowest BCUT2D eigenvalue weighted by molar-refractivity contribution is 0.185. The van der Waals surface area contributed by atoms with Crippen molar-refractivity contribution in [2.24, 2.45) is 0 Å². The summed E-state index contributed by atoms with van der Waals surface area (Å²) in [4.78, 5) is 4.06. The summed E-state index contributed by atoms with van der Waals surface area (Å²) in [5, 5.41) is 9.63. The summed E-state index contributed by atoms with van der Waals surface area (Å²) in [5.41, 5.74) is 2.23. The molecule has 3 rings (SSSR count). The zero-order valence-electron chi connectivity index (χ0n) is 13.2. The van der Waals surface area contributed by atoms with Crippen molar-refractivity contribution < 1.29 is 4.74 Å². The first kappa shape index (κ1) is 17.1. The fourth-order valence-corrected chi connectivity index (χ4v) is 3.83. The molecule has 3 aromatic rings. The number of halogens is 1. The van der Waals surface area contributed by atoms with Crippen LogP contribution in [-0.4, -0.2) is 33.5 Å². The predicted octanol–water partition coefficient (Wildman–Crippen LogP) is 4.04. The van der Waals surface area contributed by atoms with Gasteiger partial charge in [0.15, 0.2) is 11.0 Å². The highest BCUT2D eigenvalue weighted by molar-refractivity contribution is 9.10. The summed E-state index contributed by atoms with van der Waals surface area (Å²) in [7, 11) is 1.70. The zero-order chi connectivity index (χ0) is 16.8. The van der Waals surface area contributed by atoms with Gasteiger partial charge in [0.1, 0.15) is 0 Å². The van der Waals surface area contributed by atoms with Gasteiger partial charge in [-0.05, 0) is 23.8 Å². The second kappa shape index (κ2) is 8.41. The molecule has 0 N–H and O–H groups in total. The Hall–Kier alpha value is -1.70. The van der Waals surface area contributed by atoms with Gasteiger partial charge >= 0.3 is 0 Å². The van der Waals surface area contributed by atoms with Crippen molar-refractivity contribution in [1.82, 2.24) is 19.7 Å². The molecule has 0 saturated carbocycles. The molecule has 0 aliphatic carbocycles. The van der Waals surface area contributed by atoms with E-state index in [0.717, 1.165) is 26.8 Å². The van der Waals surface area contributed by atoms with Crippen LogP contribution in [0.1, 0.15) is 5.56 Å². The monoisotopic (exact) mass is 404 g/mol. The number of ether oxygens (including phenoxy) is 1. The summed E-state index contributed by atoms with van der Waals surface area (Å²) in [6.07, 6.45) is 3.52. The largest absolute Gasteiger partial charge is 0.383 e. The molecule has 24 heavy (non-hydrogen) atoms. The molecule has 0 aliphatic heterocycles. The summed E-state index contributed by atoms with van der Waals surface area (Å²) in [6, 6.07) is 12.1. The van der Waals surface area contributed by atoms with Crippen molar-refractivity contribution in [3.8, 4) is 11.4 Å². The molecule has 1 aromatic carbocycles. The number of hydrogen-bond donors (Lipinski definition) is 0. The smallest absolute Gasteiger partial charge is 0.191 e. The minimum atomic E-state index is 0.610. The normalized spacial score (nSPS) is 10.9. The van der Waals surface area contributed by atoms with Crippen molar-refractivity contribution in [2.45, 2.75) is 17.5 Å². The number of rotatable bonds is 7. The van der Waals surface area contributed by atoms with Crippen molar-refractivity contribution in [2.75, 3.05) is 13.7 Å². The lowest BCUT2D eigenvalue weighted by atomic mass is 10.2. The summed E-state index contributed by atoms with van der Waals surface area (Å²) in [5.74, 6) is 1.66. The maximum Gasteiger partial charge on any atom is 0.191 e. The van der Waals surface area contributed by atoms with Crippen LogP contribution in [0.2, 0.25) is 0 Å². The minimum Gasteiger partial charge on any atom is -0.383 e. The highest BCUT2D eigenvalue weighted by atomic mass is 79.9. The molecule has 2 aromatic heterocycles. The van der Waals surface area contributed by atoms with Gasteiger partial charge in [-0.25, -0.2) is 0 Å². The van der Waals surface area contributed by atoms with Gasteiger partial charge in [-0.1, -0.05) is 45.9 Å². The fraction of sp³-hybridized carbons (Fsp3) is 0.235. The van der Waals surface area contributed by atoms with Gasteiger partial charge in [0.2, 0.25) is 0 Å². The Kier molecular flexibility index (Phi) is 6.01. The van der Waals surface area contributed by atoms with Crippen LogP contribution in [0.25, 0.3) is 11.4 Å². The Balaban J connectivity index is 1.85. The van der Waals surface area contributed by atoms with Crippen molar-refractivity contribution in [3.63, 3.8) is 0 Å². The number of pyridine rings is 1. The minimum absolute atomic E-state index is 0.610. The molecule has 2 heterocycles. The molecule has 0 bridgehead atoms. The van der Waals surface area contributed by atoms with E-state index in [-0.39, 0.29) is 0 Å². The second-order valence-corrected chi connectivity index (χ2v) is 6.86. The predicted molar refractivity (Wildman–Crippen MR) is 98.8 cm³/mol. The van der Waals surface area contributed by atoms with Gasteiger partial charge in [0.25, 0.3) is 0 Å². The van der Waals surface area contributed by atoms with Crippen LogP contribution in [-0.2, 0) is 17.0 Å². The molecule has 5 nitrogen and oxygen atoms in total. The van der Waals surface area contributed by atoms with E-state index >= 15 is 0 Å². The van der Waals surface area contributed by atoms with Crippen molar-refractivity contribution in [3.05, 3.63) is 58.8 Å². The number of nitrogens with zero attached hydrogens (tertiary/aromatic N) is 4. The van der Waals surface area contributed by atoms with E-state index in [1.165, 1.54) is 5.56 Å². The number of thioether (sulfide) groups is 1. The van der Waals surface area contributed by atoms with Gasteiger partial charge in [-0.2, -0.15) is 0 Å². The van der Waals surface area contributed by atoms with Gasteiger partial charge in [-0.15, -0.1) is 10.2 Å². The Morgan fingerprint density at radius 3 is 2.67 bits per heavy atom. The van der Waals surface area contributed by atoms with E-state index in [0.29, 0.717) is 13.2 Å². The van der Waals surface area contributed by atoms with Crippen LogP contribution < -0.4 is 0 Å². The third-order valence-corrected chi connectivity index (χ3v) is 5.28. The van der Waals surface area contributed by atoms with Gasteiger partial charge in [-0.3, -0.25) is 9.55 Å². The molecule has 0 radical (unpaired) electrons. The summed E-state index contributed by atoms with van der Waals surface area (Å²) >= 11 is 5.26. The number of benzene rings is 1. The van der Waals surface area contributed by atoms with Crippen LogP contribution >= 0.6 is 27.7 Å².